The van der Waals surface area contributed by atoms with E-state index in [1.807, 2.05) is 30.3 Å². The van der Waals surface area contributed by atoms with Gasteiger partial charge in [0.15, 0.2) is 5.60 Å². The van der Waals surface area contributed by atoms with Crippen molar-refractivity contribution in [2.45, 2.75) is 49.6 Å². The highest BCUT2D eigenvalue weighted by atomic mass is 16.6. The van der Waals surface area contributed by atoms with Crippen LogP contribution in [0.15, 0.2) is 60.7 Å². The number of carboxylic acids is 1. The normalized spacial score (nSPS) is 24.2. The molecule has 9 heteroatoms. The molecule has 1 fully saturated rings. The first-order valence-electron chi connectivity index (χ1n) is 11.4. The Bertz CT molecular complexity index is 990. The fourth-order valence-corrected chi connectivity index (χ4v) is 3.82. The highest BCUT2D eigenvalue weighted by Crippen LogP contribution is 2.35. The van der Waals surface area contributed by atoms with Gasteiger partial charge in [-0.25, -0.2) is 9.59 Å². The van der Waals surface area contributed by atoms with Crippen molar-refractivity contribution in [1.29, 1.82) is 0 Å². The molecule has 2 aromatic rings. The summed E-state index contributed by atoms with van der Waals surface area (Å²) in [6, 6.07) is 15.4. The van der Waals surface area contributed by atoms with Crippen LogP contribution in [0.2, 0.25) is 0 Å². The third kappa shape index (κ3) is 7.54. The van der Waals surface area contributed by atoms with Crippen molar-refractivity contribution in [2.75, 3.05) is 13.2 Å². The van der Waals surface area contributed by atoms with Gasteiger partial charge in [0.05, 0.1) is 12.7 Å². The molecule has 0 amide bonds. The lowest BCUT2D eigenvalue weighted by Gasteiger charge is -2.41. The number of aliphatic hydroxyl groups is 2. The second-order valence-electron chi connectivity index (χ2n) is 8.38. The number of aromatic hydroxyl groups is 1. The number of ether oxygens (including phenoxy) is 3. The Morgan fingerprint density at radius 1 is 0.971 bits per heavy atom. The van der Waals surface area contributed by atoms with Crippen LogP contribution >= 0.6 is 0 Å². The van der Waals surface area contributed by atoms with Crippen LogP contribution in [-0.4, -0.2) is 69.5 Å². The lowest BCUT2D eigenvalue weighted by molar-refractivity contribution is -0.207. The maximum Gasteiger partial charge on any atom is 0.336 e. The van der Waals surface area contributed by atoms with E-state index in [0.29, 0.717) is 25.0 Å². The number of hydrogen-bond donors (Lipinski definition) is 4. The average molecular weight is 487 g/mol. The predicted molar refractivity (Wildman–Crippen MR) is 126 cm³/mol. The molecule has 4 N–H and O–H groups in total. The van der Waals surface area contributed by atoms with E-state index < -0.39 is 35.9 Å². The second kappa shape index (κ2) is 12.3. The predicted octanol–water partition coefficient (Wildman–Crippen LogP) is 2.53. The smallest absolute Gasteiger partial charge is 0.336 e. The maximum atomic E-state index is 12.3. The number of carbonyl (C=O) groups excluding carboxylic acids is 1. The molecule has 0 aromatic heterocycles. The van der Waals surface area contributed by atoms with E-state index in [4.69, 9.17) is 14.2 Å². The fraction of sp³-hybridized carbons (Fsp3) is 0.385. The first-order chi connectivity index (χ1) is 16.8. The van der Waals surface area contributed by atoms with Gasteiger partial charge in [-0.15, -0.1) is 0 Å². The topological polar surface area (TPSA) is 143 Å². The number of hydrogen-bond acceptors (Lipinski definition) is 8. The SMILES string of the molecule is O=C(C=Cc1ccc(O)cc1)O[C@@H]1C[C@](OCCCCOc2ccccc2)(C(=O)O)C[C@H](O)[C@H]1O. The van der Waals surface area contributed by atoms with Gasteiger partial charge in [0.1, 0.15) is 23.7 Å². The number of carboxylic acid groups (broad SMARTS) is 1. The molecule has 0 unspecified atom stereocenters. The molecule has 3 rings (SSSR count). The Morgan fingerprint density at radius 2 is 1.66 bits per heavy atom. The van der Waals surface area contributed by atoms with Crippen molar-refractivity contribution in [1.82, 2.24) is 0 Å². The lowest BCUT2D eigenvalue weighted by atomic mass is 9.79. The van der Waals surface area contributed by atoms with Gasteiger partial charge in [-0.3, -0.25) is 0 Å². The van der Waals surface area contributed by atoms with Crippen LogP contribution in [0.5, 0.6) is 11.5 Å². The number of phenolic OH excluding ortho intramolecular Hbond substituents is 1. The third-order valence-electron chi connectivity index (χ3n) is 5.74. The van der Waals surface area contributed by atoms with E-state index in [-0.39, 0.29) is 25.2 Å². The molecule has 0 aliphatic heterocycles. The Balaban J connectivity index is 1.53. The van der Waals surface area contributed by atoms with E-state index in [0.717, 1.165) is 11.8 Å². The van der Waals surface area contributed by atoms with Crippen molar-refractivity contribution in [3.63, 3.8) is 0 Å². The molecular weight excluding hydrogens is 456 g/mol. The van der Waals surface area contributed by atoms with Gasteiger partial charge in [-0.2, -0.15) is 0 Å². The van der Waals surface area contributed by atoms with E-state index >= 15 is 0 Å². The summed E-state index contributed by atoms with van der Waals surface area (Å²) in [5.41, 5.74) is -1.17. The first kappa shape index (κ1) is 26.2. The van der Waals surface area contributed by atoms with Crippen LogP contribution in [0.25, 0.3) is 6.08 Å². The van der Waals surface area contributed by atoms with Crippen LogP contribution in [0.3, 0.4) is 0 Å². The molecule has 0 heterocycles. The molecular formula is C26H30O9. The minimum atomic E-state index is -1.80. The van der Waals surface area contributed by atoms with Crippen molar-refractivity contribution in [2.24, 2.45) is 0 Å². The number of aliphatic carboxylic acids is 1. The summed E-state index contributed by atoms with van der Waals surface area (Å²) in [5, 5.41) is 39.8. The van der Waals surface area contributed by atoms with Gasteiger partial charge in [-0.05, 0) is 48.7 Å². The van der Waals surface area contributed by atoms with Crippen LogP contribution in [-0.2, 0) is 19.1 Å². The van der Waals surface area contributed by atoms with Crippen molar-refractivity contribution < 1.29 is 44.2 Å². The molecule has 1 aliphatic carbocycles. The molecule has 0 spiro atoms. The fourth-order valence-electron chi connectivity index (χ4n) is 3.82. The Labute approximate surface area is 203 Å². The summed E-state index contributed by atoms with van der Waals surface area (Å²) >= 11 is 0. The quantitative estimate of drug-likeness (QED) is 0.214. The third-order valence-corrected chi connectivity index (χ3v) is 5.74. The minimum Gasteiger partial charge on any atom is -0.508 e. The van der Waals surface area contributed by atoms with Crippen molar-refractivity contribution >= 4 is 18.0 Å². The number of unbranched alkanes of at least 4 members (excludes halogenated alkanes) is 1. The molecule has 0 radical (unpaired) electrons. The summed E-state index contributed by atoms with van der Waals surface area (Å²) in [4.78, 5) is 24.4. The largest absolute Gasteiger partial charge is 0.508 e. The monoisotopic (exact) mass is 486 g/mol. The van der Waals surface area contributed by atoms with Gasteiger partial charge in [0.25, 0.3) is 0 Å². The van der Waals surface area contributed by atoms with Gasteiger partial charge in [0.2, 0.25) is 0 Å². The van der Waals surface area contributed by atoms with E-state index in [1.54, 1.807) is 12.1 Å². The molecule has 0 saturated heterocycles. The summed E-state index contributed by atoms with van der Waals surface area (Å²) in [6.45, 7) is 0.525. The molecule has 188 valence electrons. The van der Waals surface area contributed by atoms with Crippen LogP contribution < -0.4 is 4.74 Å². The standard InChI is InChI=1S/C26H30O9/c27-19-11-8-18(9-12-19)10-13-23(29)35-22-17-26(25(31)32,16-21(28)24(22)30)34-15-5-4-14-33-20-6-2-1-3-7-20/h1-3,6-13,21-22,24,27-28,30H,4-5,14-17H2,(H,31,32)/t21-,22+,24+,26-/m0/s1. The summed E-state index contributed by atoms with van der Waals surface area (Å²) < 4.78 is 16.6. The minimum absolute atomic E-state index is 0.0813. The molecule has 1 saturated carbocycles. The van der Waals surface area contributed by atoms with Crippen molar-refractivity contribution in [3.8, 4) is 11.5 Å². The second-order valence-corrected chi connectivity index (χ2v) is 8.38. The number of aliphatic hydroxyl groups excluding tert-OH is 2. The number of phenols is 1. The van der Waals surface area contributed by atoms with Crippen molar-refractivity contribution in [3.05, 3.63) is 66.2 Å². The molecule has 2 aromatic carbocycles. The number of para-hydroxylation sites is 1. The Morgan fingerprint density at radius 3 is 2.34 bits per heavy atom. The van der Waals surface area contributed by atoms with Gasteiger partial charge in [-0.1, -0.05) is 30.3 Å². The van der Waals surface area contributed by atoms with Gasteiger partial charge >= 0.3 is 11.9 Å². The van der Waals surface area contributed by atoms with Gasteiger partial charge in [0, 0.05) is 25.5 Å². The average Bonchev–Trinajstić information content (AvgIpc) is 2.84. The Kier molecular flexibility index (Phi) is 9.25. The van der Waals surface area contributed by atoms with E-state index in [2.05, 4.69) is 0 Å². The maximum absolute atomic E-state index is 12.3. The Hall–Kier alpha value is -3.40. The zero-order valence-corrected chi connectivity index (χ0v) is 19.2. The van der Waals surface area contributed by atoms with E-state index in [1.165, 1.54) is 18.2 Å². The van der Waals surface area contributed by atoms with Crippen LogP contribution in [0, 0.1) is 0 Å². The zero-order valence-electron chi connectivity index (χ0n) is 19.2. The zero-order chi connectivity index (χ0) is 25.3. The highest BCUT2D eigenvalue weighted by molar-refractivity contribution is 5.87. The van der Waals surface area contributed by atoms with Gasteiger partial charge < -0.3 is 34.6 Å². The summed E-state index contributed by atoms with van der Waals surface area (Å²) in [6.07, 6.45) is -1.09. The summed E-state index contributed by atoms with van der Waals surface area (Å²) in [7, 11) is 0. The number of carbonyl (C=O) groups is 2. The molecule has 0 bridgehead atoms. The number of rotatable bonds is 11. The number of benzene rings is 2. The molecule has 1 aliphatic rings. The van der Waals surface area contributed by atoms with Crippen LogP contribution in [0.4, 0.5) is 0 Å². The highest BCUT2D eigenvalue weighted by Gasteiger charge is 2.52. The van der Waals surface area contributed by atoms with Crippen LogP contribution in [0.1, 0.15) is 31.2 Å². The number of esters is 1. The molecule has 9 nitrogen and oxygen atoms in total. The first-order valence-corrected chi connectivity index (χ1v) is 11.4. The lowest BCUT2D eigenvalue weighted by Crippen LogP contribution is -2.58. The van der Waals surface area contributed by atoms with E-state index in [9.17, 15) is 30.0 Å². The molecule has 35 heavy (non-hydrogen) atoms. The summed E-state index contributed by atoms with van der Waals surface area (Å²) in [5.74, 6) is -1.29. The molecule has 4 atom stereocenters.